The molecule has 5 nitrogen and oxygen atoms in total. The summed E-state index contributed by atoms with van der Waals surface area (Å²) >= 11 is 0. The van der Waals surface area contributed by atoms with Gasteiger partial charge in [0.1, 0.15) is 5.82 Å². The molecule has 2 N–H and O–H groups in total. The number of ether oxygens (including phenoxy) is 2. The van der Waals surface area contributed by atoms with E-state index in [2.05, 4.69) is 9.72 Å². The van der Waals surface area contributed by atoms with Gasteiger partial charge in [0.15, 0.2) is 5.75 Å². The molecule has 0 aliphatic rings. The number of benzene rings is 1. The fourth-order valence-corrected chi connectivity index (χ4v) is 1.73. The fourth-order valence-electron chi connectivity index (χ4n) is 1.73. The standard InChI is InChI=1S/C11H10FNO4/c1-5-6(12)3-4-7-8(5)9(16-2)10(13-7)17-11(14)15/h3-4,13H,1-2H3,(H,14,15). The van der Waals surface area contributed by atoms with Gasteiger partial charge in [-0.3, -0.25) is 0 Å². The van der Waals surface area contributed by atoms with Gasteiger partial charge in [-0.05, 0) is 24.6 Å². The van der Waals surface area contributed by atoms with E-state index in [1.807, 2.05) is 0 Å². The number of nitrogens with one attached hydrogen (secondary N) is 1. The number of hydrogen-bond donors (Lipinski definition) is 2. The first-order chi connectivity index (χ1) is 8.04. The summed E-state index contributed by atoms with van der Waals surface area (Å²) in [5.74, 6) is -0.264. The van der Waals surface area contributed by atoms with E-state index in [0.717, 1.165) is 0 Å². The Balaban J connectivity index is 2.72. The van der Waals surface area contributed by atoms with Crippen LogP contribution in [-0.4, -0.2) is 23.4 Å². The lowest BCUT2D eigenvalue weighted by molar-refractivity contribution is 0.141. The number of halogens is 1. The Morgan fingerprint density at radius 2 is 2.18 bits per heavy atom. The molecule has 2 aromatic rings. The summed E-state index contributed by atoms with van der Waals surface area (Å²) in [6.45, 7) is 1.58. The second-order valence-electron chi connectivity index (χ2n) is 3.45. The number of carbonyl (C=O) groups is 1. The molecule has 17 heavy (non-hydrogen) atoms. The lowest BCUT2D eigenvalue weighted by atomic mass is 10.1. The second-order valence-corrected chi connectivity index (χ2v) is 3.45. The molecule has 0 fully saturated rings. The zero-order valence-corrected chi connectivity index (χ0v) is 9.20. The Morgan fingerprint density at radius 3 is 2.76 bits per heavy atom. The molecule has 0 saturated carbocycles. The summed E-state index contributed by atoms with van der Waals surface area (Å²) in [4.78, 5) is 13.2. The predicted molar refractivity (Wildman–Crippen MR) is 58.2 cm³/mol. The summed E-state index contributed by atoms with van der Waals surface area (Å²) < 4.78 is 23.0. The average Bonchev–Trinajstić information content (AvgIpc) is 2.61. The predicted octanol–water partition coefficient (Wildman–Crippen LogP) is 2.68. The van der Waals surface area contributed by atoms with Crippen LogP contribution in [-0.2, 0) is 0 Å². The molecule has 0 aliphatic heterocycles. The highest BCUT2D eigenvalue weighted by atomic mass is 19.1. The molecular weight excluding hydrogens is 229 g/mol. The molecule has 0 aliphatic carbocycles. The molecule has 1 heterocycles. The van der Waals surface area contributed by atoms with Crippen molar-refractivity contribution >= 4 is 17.1 Å². The van der Waals surface area contributed by atoms with Crippen LogP contribution in [0.15, 0.2) is 12.1 Å². The van der Waals surface area contributed by atoms with Crippen molar-refractivity contribution in [3.05, 3.63) is 23.5 Å². The second kappa shape index (κ2) is 3.97. The van der Waals surface area contributed by atoms with Crippen LogP contribution < -0.4 is 9.47 Å². The molecule has 90 valence electrons. The van der Waals surface area contributed by atoms with Crippen molar-refractivity contribution in [3.63, 3.8) is 0 Å². The quantitative estimate of drug-likeness (QED) is 0.790. The minimum absolute atomic E-state index is 0.0521. The maximum absolute atomic E-state index is 13.4. The molecule has 6 heteroatoms. The average molecular weight is 239 g/mol. The Morgan fingerprint density at radius 1 is 1.47 bits per heavy atom. The van der Waals surface area contributed by atoms with Gasteiger partial charge in [-0.1, -0.05) is 0 Å². The molecule has 0 atom stereocenters. The summed E-state index contributed by atoms with van der Waals surface area (Å²) in [5, 5.41) is 9.04. The van der Waals surface area contributed by atoms with E-state index in [1.165, 1.54) is 19.2 Å². The van der Waals surface area contributed by atoms with Gasteiger partial charge in [-0.15, -0.1) is 0 Å². The molecule has 0 radical (unpaired) electrons. The molecule has 0 spiro atoms. The maximum Gasteiger partial charge on any atom is 0.512 e. The topological polar surface area (TPSA) is 71.6 Å². The number of rotatable bonds is 2. The van der Waals surface area contributed by atoms with E-state index < -0.39 is 12.0 Å². The van der Waals surface area contributed by atoms with Gasteiger partial charge in [-0.25, -0.2) is 9.18 Å². The van der Waals surface area contributed by atoms with E-state index in [1.54, 1.807) is 6.92 Å². The lowest BCUT2D eigenvalue weighted by Gasteiger charge is -2.03. The Labute approximate surface area is 95.8 Å². The van der Waals surface area contributed by atoms with Gasteiger partial charge in [0.05, 0.1) is 18.0 Å². The van der Waals surface area contributed by atoms with Gasteiger partial charge in [0.25, 0.3) is 0 Å². The van der Waals surface area contributed by atoms with Crippen molar-refractivity contribution in [1.29, 1.82) is 0 Å². The maximum atomic E-state index is 13.4. The highest BCUT2D eigenvalue weighted by Crippen LogP contribution is 2.38. The highest BCUT2D eigenvalue weighted by Gasteiger charge is 2.19. The third-order valence-electron chi connectivity index (χ3n) is 2.47. The van der Waals surface area contributed by atoms with Crippen molar-refractivity contribution in [3.8, 4) is 11.6 Å². The summed E-state index contributed by atoms with van der Waals surface area (Å²) in [7, 11) is 1.36. The smallest absolute Gasteiger partial charge is 0.491 e. The van der Waals surface area contributed by atoms with Gasteiger partial charge in [0.2, 0.25) is 5.88 Å². The van der Waals surface area contributed by atoms with Crippen molar-refractivity contribution in [2.24, 2.45) is 0 Å². The molecular formula is C11H10FNO4. The number of fused-ring (bicyclic) bond motifs is 1. The van der Waals surface area contributed by atoms with E-state index in [9.17, 15) is 9.18 Å². The SMILES string of the molecule is COc1c(OC(=O)O)[nH]c2ccc(F)c(C)c12. The monoisotopic (exact) mass is 239 g/mol. The van der Waals surface area contributed by atoms with Gasteiger partial charge < -0.3 is 19.6 Å². The lowest BCUT2D eigenvalue weighted by Crippen LogP contribution is -2.04. The zero-order valence-electron chi connectivity index (χ0n) is 9.20. The third-order valence-corrected chi connectivity index (χ3v) is 2.47. The highest BCUT2D eigenvalue weighted by molar-refractivity contribution is 5.92. The first kappa shape index (κ1) is 11.3. The summed E-state index contributed by atoms with van der Waals surface area (Å²) in [6.07, 6.45) is -1.46. The summed E-state index contributed by atoms with van der Waals surface area (Å²) in [5.41, 5.74) is 0.924. The first-order valence-corrected chi connectivity index (χ1v) is 4.80. The zero-order chi connectivity index (χ0) is 12.6. The van der Waals surface area contributed by atoms with Crippen molar-refractivity contribution in [2.45, 2.75) is 6.92 Å². The van der Waals surface area contributed by atoms with Crippen LogP contribution in [0.4, 0.5) is 9.18 Å². The number of aromatic nitrogens is 1. The molecule has 0 amide bonds. The number of H-pyrrole nitrogens is 1. The fraction of sp³-hybridized carbons (Fsp3) is 0.182. The minimum atomic E-state index is -1.46. The normalized spacial score (nSPS) is 10.5. The number of methoxy groups -OCH3 is 1. The minimum Gasteiger partial charge on any atom is -0.491 e. The van der Waals surface area contributed by atoms with Crippen LogP contribution in [0.25, 0.3) is 10.9 Å². The number of hydrogen-bond acceptors (Lipinski definition) is 3. The van der Waals surface area contributed by atoms with Gasteiger partial charge >= 0.3 is 6.16 Å². The van der Waals surface area contributed by atoms with Crippen LogP contribution >= 0.6 is 0 Å². The summed E-state index contributed by atoms with van der Waals surface area (Å²) in [6, 6.07) is 2.78. The molecule has 1 aromatic heterocycles. The van der Waals surface area contributed by atoms with Crippen LogP contribution in [0.5, 0.6) is 11.6 Å². The molecule has 0 saturated heterocycles. The van der Waals surface area contributed by atoms with E-state index in [0.29, 0.717) is 16.5 Å². The van der Waals surface area contributed by atoms with Crippen LogP contribution in [0.2, 0.25) is 0 Å². The number of carboxylic acid groups (broad SMARTS) is 1. The third kappa shape index (κ3) is 1.77. The van der Waals surface area contributed by atoms with Gasteiger partial charge in [-0.2, -0.15) is 0 Å². The Kier molecular flexibility index (Phi) is 2.63. The Hall–Kier alpha value is -2.24. The van der Waals surface area contributed by atoms with E-state index >= 15 is 0 Å². The van der Waals surface area contributed by atoms with Crippen LogP contribution in [0.3, 0.4) is 0 Å². The van der Waals surface area contributed by atoms with Crippen molar-refractivity contribution in [2.75, 3.05) is 7.11 Å². The molecule has 0 bridgehead atoms. The van der Waals surface area contributed by atoms with Crippen LogP contribution in [0.1, 0.15) is 5.56 Å². The van der Waals surface area contributed by atoms with E-state index in [-0.39, 0.29) is 11.6 Å². The van der Waals surface area contributed by atoms with Gasteiger partial charge in [0, 0.05) is 0 Å². The molecule has 1 aromatic carbocycles. The van der Waals surface area contributed by atoms with Crippen molar-refractivity contribution < 1.29 is 23.8 Å². The largest absolute Gasteiger partial charge is 0.512 e. The molecule has 2 rings (SSSR count). The Bertz CT molecular complexity index is 591. The van der Waals surface area contributed by atoms with E-state index in [4.69, 9.17) is 9.84 Å². The van der Waals surface area contributed by atoms with Crippen LogP contribution in [0, 0.1) is 12.7 Å². The number of aromatic amines is 1. The molecule has 0 unspecified atom stereocenters. The first-order valence-electron chi connectivity index (χ1n) is 4.80. The number of aryl methyl sites for hydroxylation is 1. The van der Waals surface area contributed by atoms with Crippen molar-refractivity contribution in [1.82, 2.24) is 4.98 Å².